The lowest BCUT2D eigenvalue weighted by molar-refractivity contribution is 0.0951. The summed E-state index contributed by atoms with van der Waals surface area (Å²) in [5.41, 5.74) is 5.91. The van der Waals surface area contributed by atoms with Gasteiger partial charge in [-0.05, 0) is 13.6 Å². The number of anilines is 1. The van der Waals surface area contributed by atoms with Crippen LogP contribution in [0.25, 0.3) is 0 Å². The summed E-state index contributed by atoms with van der Waals surface area (Å²) in [4.78, 5) is 13.6. The van der Waals surface area contributed by atoms with E-state index < -0.39 is 0 Å². The number of nitrogen functional groups attached to an aromatic ring is 1. The van der Waals surface area contributed by atoms with Gasteiger partial charge in [0.05, 0.1) is 6.20 Å². The standard InChI is InChI=1S/C9H17N5O/c1-3-14(2)5-4-11-9(15)7-6-12-13-8(7)10/h6H,3-5H2,1-2H3,(H,11,15)(H3,10,12,13). The maximum atomic E-state index is 11.5. The molecule has 1 amide bonds. The Kier molecular flexibility index (Phi) is 4.11. The zero-order valence-electron chi connectivity index (χ0n) is 9.08. The van der Waals surface area contributed by atoms with Gasteiger partial charge < -0.3 is 16.0 Å². The number of carbonyl (C=O) groups excluding carboxylic acids is 1. The van der Waals surface area contributed by atoms with Crippen molar-refractivity contribution in [3.63, 3.8) is 0 Å². The first-order chi connectivity index (χ1) is 7.15. The lowest BCUT2D eigenvalue weighted by Crippen LogP contribution is -2.33. The van der Waals surface area contributed by atoms with Crippen molar-refractivity contribution >= 4 is 11.7 Å². The summed E-state index contributed by atoms with van der Waals surface area (Å²) >= 11 is 0. The molecular formula is C9H17N5O. The van der Waals surface area contributed by atoms with E-state index in [9.17, 15) is 4.79 Å². The van der Waals surface area contributed by atoms with Crippen molar-refractivity contribution in [3.8, 4) is 0 Å². The molecule has 84 valence electrons. The minimum atomic E-state index is -0.189. The van der Waals surface area contributed by atoms with Gasteiger partial charge in [-0.15, -0.1) is 0 Å². The number of nitrogens with zero attached hydrogens (tertiary/aromatic N) is 2. The van der Waals surface area contributed by atoms with Crippen LogP contribution >= 0.6 is 0 Å². The van der Waals surface area contributed by atoms with Gasteiger partial charge in [0.2, 0.25) is 0 Å². The third kappa shape index (κ3) is 3.25. The molecule has 0 spiro atoms. The van der Waals surface area contributed by atoms with Gasteiger partial charge >= 0.3 is 0 Å². The van der Waals surface area contributed by atoms with Crippen LogP contribution < -0.4 is 11.1 Å². The van der Waals surface area contributed by atoms with E-state index in [1.807, 2.05) is 7.05 Å². The fraction of sp³-hybridized carbons (Fsp3) is 0.556. The molecule has 1 aromatic heterocycles. The average molecular weight is 211 g/mol. The van der Waals surface area contributed by atoms with E-state index in [1.165, 1.54) is 6.20 Å². The van der Waals surface area contributed by atoms with Crippen molar-refractivity contribution in [2.45, 2.75) is 6.92 Å². The fourth-order valence-electron chi connectivity index (χ4n) is 1.09. The summed E-state index contributed by atoms with van der Waals surface area (Å²) in [6.45, 7) is 4.45. The molecule has 0 fully saturated rings. The summed E-state index contributed by atoms with van der Waals surface area (Å²) in [6.07, 6.45) is 1.42. The maximum Gasteiger partial charge on any atom is 0.256 e. The number of aromatic amines is 1. The Morgan fingerprint density at radius 3 is 3.00 bits per heavy atom. The number of nitrogens with one attached hydrogen (secondary N) is 2. The van der Waals surface area contributed by atoms with E-state index in [-0.39, 0.29) is 5.91 Å². The van der Waals surface area contributed by atoms with Crippen molar-refractivity contribution < 1.29 is 4.79 Å². The molecule has 6 nitrogen and oxygen atoms in total. The van der Waals surface area contributed by atoms with Gasteiger partial charge in [-0.2, -0.15) is 5.10 Å². The molecule has 0 aliphatic rings. The zero-order valence-corrected chi connectivity index (χ0v) is 9.08. The van der Waals surface area contributed by atoms with Crippen molar-refractivity contribution in [1.29, 1.82) is 0 Å². The predicted octanol–water partition coefficient (Wildman–Crippen LogP) is -0.327. The SMILES string of the molecule is CCN(C)CCNC(=O)c1cn[nH]c1N. The second-order valence-corrected chi connectivity index (χ2v) is 3.35. The van der Waals surface area contributed by atoms with Crippen molar-refractivity contribution in [2.24, 2.45) is 0 Å². The van der Waals surface area contributed by atoms with Crippen LogP contribution in [0, 0.1) is 0 Å². The first kappa shape index (κ1) is 11.5. The van der Waals surface area contributed by atoms with Gasteiger partial charge in [0.25, 0.3) is 5.91 Å². The van der Waals surface area contributed by atoms with Gasteiger partial charge in [0.1, 0.15) is 11.4 Å². The number of amides is 1. The number of hydrogen-bond acceptors (Lipinski definition) is 4. The Bertz CT molecular complexity index is 322. The third-order valence-corrected chi connectivity index (χ3v) is 2.23. The number of hydrogen-bond donors (Lipinski definition) is 3. The van der Waals surface area contributed by atoms with E-state index in [4.69, 9.17) is 5.73 Å². The minimum absolute atomic E-state index is 0.189. The lowest BCUT2D eigenvalue weighted by Gasteiger charge is -2.13. The molecule has 0 radical (unpaired) electrons. The molecular weight excluding hydrogens is 194 g/mol. The largest absolute Gasteiger partial charge is 0.383 e. The normalized spacial score (nSPS) is 10.6. The average Bonchev–Trinajstić information content (AvgIpc) is 2.64. The van der Waals surface area contributed by atoms with E-state index in [1.54, 1.807) is 0 Å². The lowest BCUT2D eigenvalue weighted by atomic mass is 10.3. The molecule has 0 saturated carbocycles. The molecule has 0 atom stereocenters. The van der Waals surface area contributed by atoms with Gasteiger partial charge in [-0.1, -0.05) is 6.92 Å². The highest BCUT2D eigenvalue weighted by Crippen LogP contribution is 2.04. The minimum Gasteiger partial charge on any atom is -0.383 e. The van der Waals surface area contributed by atoms with Crippen LogP contribution in [0.4, 0.5) is 5.82 Å². The number of H-pyrrole nitrogens is 1. The summed E-state index contributed by atoms with van der Waals surface area (Å²) < 4.78 is 0. The van der Waals surface area contributed by atoms with Gasteiger partial charge in [0.15, 0.2) is 0 Å². The van der Waals surface area contributed by atoms with Gasteiger partial charge in [-0.3, -0.25) is 9.89 Å². The number of likely N-dealkylation sites (N-methyl/N-ethyl adjacent to an activating group) is 1. The number of rotatable bonds is 5. The second-order valence-electron chi connectivity index (χ2n) is 3.35. The maximum absolute atomic E-state index is 11.5. The molecule has 1 rings (SSSR count). The van der Waals surface area contributed by atoms with Gasteiger partial charge in [-0.25, -0.2) is 0 Å². The van der Waals surface area contributed by atoms with E-state index >= 15 is 0 Å². The topological polar surface area (TPSA) is 87.0 Å². The predicted molar refractivity (Wildman–Crippen MR) is 58.5 cm³/mol. The fourth-order valence-corrected chi connectivity index (χ4v) is 1.09. The van der Waals surface area contributed by atoms with Gasteiger partial charge in [0, 0.05) is 13.1 Å². The molecule has 0 aliphatic carbocycles. The summed E-state index contributed by atoms with van der Waals surface area (Å²) in [5.74, 6) is 0.113. The van der Waals surface area contributed by atoms with Crippen molar-refractivity contribution in [3.05, 3.63) is 11.8 Å². The second kappa shape index (κ2) is 5.35. The molecule has 1 aromatic rings. The molecule has 0 aliphatic heterocycles. The Morgan fingerprint density at radius 1 is 1.73 bits per heavy atom. The van der Waals surface area contributed by atoms with Crippen LogP contribution in [0.3, 0.4) is 0 Å². The smallest absolute Gasteiger partial charge is 0.256 e. The number of aromatic nitrogens is 2. The van der Waals surface area contributed by atoms with Crippen LogP contribution in [0.15, 0.2) is 6.20 Å². The molecule has 0 unspecified atom stereocenters. The number of nitrogens with two attached hydrogens (primary N) is 1. The van der Waals surface area contributed by atoms with Crippen LogP contribution in [0.1, 0.15) is 17.3 Å². The van der Waals surface area contributed by atoms with Crippen LogP contribution in [0.5, 0.6) is 0 Å². The third-order valence-electron chi connectivity index (χ3n) is 2.23. The molecule has 6 heteroatoms. The molecule has 15 heavy (non-hydrogen) atoms. The van der Waals surface area contributed by atoms with E-state index in [2.05, 4.69) is 27.3 Å². The monoisotopic (exact) mass is 211 g/mol. The van der Waals surface area contributed by atoms with Crippen LogP contribution in [-0.2, 0) is 0 Å². The summed E-state index contributed by atoms with van der Waals surface area (Å²) in [6, 6.07) is 0. The molecule has 0 aromatic carbocycles. The Morgan fingerprint density at radius 2 is 2.47 bits per heavy atom. The highest BCUT2D eigenvalue weighted by atomic mass is 16.1. The highest BCUT2D eigenvalue weighted by Gasteiger charge is 2.10. The molecule has 1 heterocycles. The van der Waals surface area contributed by atoms with E-state index in [0.29, 0.717) is 17.9 Å². The molecule has 0 saturated heterocycles. The van der Waals surface area contributed by atoms with E-state index in [0.717, 1.165) is 13.1 Å². The Labute approximate surface area is 88.8 Å². The van der Waals surface area contributed by atoms with Crippen molar-refractivity contribution in [2.75, 3.05) is 32.4 Å². The highest BCUT2D eigenvalue weighted by molar-refractivity contribution is 5.98. The summed E-state index contributed by atoms with van der Waals surface area (Å²) in [7, 11) is 2.00. The summed E-state index contributed by atoms with van der Waals surface area (Å²) in [5, 5.41) is 8.97. The first-order valence-corrected chi connectivity index (χ1v) is 4.90. The van der Waals surface area contributed by atoms with Crippen molar-refractivity contribution in [1.82, 2.24) is 20.4 Å². The van der Waals surface area contributed by atoms with Crippen LogP contribution in [-0.4, -0.2) is 47.7 Å². The zero-order chi connectivity index (χ0) is 11.3. The first-order valence-electron chi connectivity index (χ1n) is 4.90. The number of carbonyl (C=O) groups is 1. The Hall–Kier alpha value is -1.56. The Balaban J connectivity index is 2.34. The molecule has 0 bridgehead atoms. The van der Waals surface area contributed by atoms with Crippen LogP contribution in [0.2, 0.25) is 0 Å². The quantitative estimate of drug-likeness (QED) is 0.622. The molecule has 4 N–H and O–H groups in total.